The molecular weight excluding hydrogens is 336 g/mol. The van der Waals surface area contributed by atoms with E-state index in [4.69, 9.17) is 5.11 Å². The minimum Gasteiger partial charge on any atom is -0.477 e. The van der Waals surface area contributed by atoms with Crippen molar-refractivity contribution in [3.63, 3.8) is 0 Å². The summed E-state index contributed by atoms with van der Waals surface area (Å²) in [6.07, 6.45) is 2.21. The van der Waals surface area contributed by atoms with Gasteiger partial charge in [0, 0.05) is 19.5 Å². The molecule has 0 radical (unpaired) electrons. The van der Waals surface area contributed by atoms with E-state index in [1.54, 1.807) is 6.92 Å². The number of hydrogen-bond acceptors (Lipinski definition) is 5. The molecule has 1 aliphatic rings. The first-order valence-electron chi connectivity index (χ1n) is 8.65. The Morgan fingerprint density at radius 3 is 2.84 bits per heavy atom. The van der Waals surface area contributed by atoms with E-state index in [1.807, 2.05) is 30.3 Å². The molecular formula is C19H24N2O3S. The van der Waals surface area contributed by atoms with Crippen molar-refractivity contribution in [2.45, 2.75) is 32.3 Å². The van der Waals surface area contributed by atoms with Crippen molar-refractivity contribution in [1.29, 1.82) is 0 Å². The Morgan fingerprint density at radius 2 is 2.16 bits per heavy atom. The van der Waals surface area contributed by atoms with Gasteiger partial charge in [0.1, 0.15) is 4.88 Å². The van der Waals surface area contributed by atoms with Crippen LogP contribution >= 0.6 is 11.3 Å². The number of aromatic carboxylic acids is 1. The lowest BCUT2D eigenvalue weighted by Crippen LogP contribution is -2.32. The number of aliphatic hydroxyl groups excluding tert-OH is 1. The first kappa shape index (κ1) is 18.0. The van der Waals surface area contributed by atoms with Crippen molar-refractivity contribution in [2.75, 3.05) is 19.6 Å². The number of aromatic nitrogens is 1. The molecule has 3 rings (SSSR count). The molecule has 1 aromatic carbocycles. The first-order valence-corrected chi connectivity index (χ1v) is 9.47. The van der Waals surface area contributed by atoms with Crippen molar-refractivity contribution < 1.29 is 15.0 Å². The minimum atomic E-state index is -0.890. The van der Waals surface area contributed by atoms with Crippen LogP contribution in [0, 0.1) is 12.8 Å². The summed E-state index contributed by atoms with van der Waals surface area (Å²) in [5.41, 5.74) is 1.77. The molecule has 134 valence electrons. The van der Waals surface area contributed by atoms with Crippen molar-refractivity contribution in [2.24, 2.45) is 5.92 Å². The standard InChI is InChI=1S/C19H24N2O3S/c1-13-18(19(23)24)25-17(20-13)10-15-7-8-21(11-15)12-16(22)9-14-5-3-2-4-6-14/h2-6,15-16,22H,7-12H2,1H3,(H,23,24)/t15?,16-/m0/s1. The van der Waals surface area contributed by atoms with Crippen LogP contribution in [0.25, 0.3) is 0 Å². The lowest BCUT2D eigenvalue weighted by Gasteiger charge is -2.20. The van der Waals surface area contributed by atoms with E-state index in [0.29, 0.717) is 29.5 Å². The van der Waals surface area contributed by atoms with Gasteiger partial charge in [-0.2, -0.15) is 0 Å². The summed E-state index contributed by atoms with van der Waals surface area (Å²) in [5.74, 6) is -0.408. The van der Waals surface area contributed by atoms with E-state index in [0.717, 1.165) is 36.5 Å². The van der Waals surface area contributed by atoms with Gasteiger partial charge in [0.25, 0.3) is 0 Å². The van der Waals surface area contributed by atoms with Gasteiger partial charge >= 0.3 is 5.97 Å². The molecule has 1 fully saturated rings. The molecule has 25 heavy (non-hydrogen) atoms. The molecule has 1 unspecified atom stereocenters. The van der Waals surface area contributed by atoms with Gasteiger partial charge in [0.15, 0.2) is 0 Å². The Bertz CT molecular complexity index is 717. The van der Waals surface area contributed by atoms with E-state index < -0.39 is 5.97 Å². The maximum absolute atomic E-state index is 11.1. The number of carboxylic acid groups (broad SMARTS) is 1. The summed E-state index contributed by atoms with van der Waals surface area (Å²) in [6.45, 7) is 4.35. The highest BCUT2D eigenvalue weighted by molar-refractivity contribution is 7.13. The maximum Gasteiger partial charge on any atom is 0.347 e. The molecule has 1 aliphatic heterocycles. The molecule has 0 bridgehead atoms. The normalized spacial score (nSPS) is 19.2. The van der Waals surface area contributed by atoms with E-state index in [2.05, 4.69) is 9.88 Å². The van der Waals surface area contributed by atoms with Crippen LogP contribution in [0.5, 0.6) is 0 Å². The predicted molar refractivity (Wildman–Crippen MR) is 98.2 cm³/mol. The Balaban J connectivity index is 1.48. The summed E-state index contributed by atoms with van der Waals surface area (Å²) < 4.78 is 0. The molecule has 0 amide bonds. The van der Waals surface area contributed by atoms with Crippen LogP contribution in [0.4, 0.5) is 0 Å². The molecule has 1 saturated heterocycles. The monoisotopic (exact) mass is 360 g/mol. The molecule has 0 spiro atoms. The largest absolute Gasteiger partial charge is 0.477 e. The number of nitrogens with zero attached hydrogens (tertiary/aromatic N) is 2. The molecule has 5 nitrogen and oxygen atoms in total. The number of rotatable bonds is 7. The summed E-state index contributed by atoms with van der Waals surface area (Å²) in [7, 11) is 0. The fourth-order valence-electron chi connectivity index (χ4n) is 3.48. The van der Waals surface area contributed by atoms with Gasteiger partial charge in [-0.05, 0) is 37.8 Å². The molecule has 2 N–H and O–H groups in total. The number of aliphatic hydroxyl groups is 1. The van der Waals surface area contributed by atoms with Gasteiger partial charge in [-0.25, -0.2) is 9.78 Å². The van der Waals surface area contributed by atoms with Gasteiger partial charge in [0.2, 0.25) is 0 Å². The number of hydrogen-bond donors (Lipinski definition) is 2. The Hall–Kier alpha value is -1.76. The van der Waals surface area contributed by atoms with Gasteiger partial charge in [0.05, 0.1) is 16.8 Å². The summed E-state index contributed by atoms with van der Waals surface area (Å²) >= 11 is 1.29. The molecule has 0 aliphatic carbocycles. The fourth-order valence-corrected chi connectivity index (χ4v) is 4.50. The zero-order valence-corrected chi connectivity index (χ0v) is 15.2. The van der Waals surface area contributed by atoms with Crippen LogP contribution in [-0.4, -0.2) is 51.8 Å². The van der Waals surface area contributed by atoms with Crippen LogP contribution in [0.2, 0.25) is 0 Å². The third-order valence-corrected chi connectivity index (χ3v) is 5.82. The lowest BCUT2D eigenvalue weighted by molar-refractivity contribution is 0.0701. The molecule has 1 aromatic heterocycles. The van der Waals surface area contributed by atoms with E-state index in [1.165, 1.54) is 11.3 Å². The second-order valence-corrected chi connectivity index (χ2v) is 7.87. The zero-order valence-electron chi connectivity index (χ0n) is 14.4. The lowest BCUT2D eigenvalue weighted by atomic mass is 10.1. The third kappa shape index (κ3) is 4.87. The van der Waals surface area contributed by atoms with Gasteiger partial charge < -0.3 is 15.1 Å². The van der Waals surface area contributed by atoms with E-state index in [-0.39, 0.29) is 6.10 Å². The fraction of sp³-hybridized carbons (Fsp3) is 0.474. The van der Waals surface area contributed by atoms with Crippen LogP contribution in [0.15, 0.2) is 30.3 Å². The second kappa shape index (κ2) is 8.08. The molecule has 0 saturated carbocycles. The van der Waals surface area contributed by atoms with Crippen LogP contribution in [-0.2, 0) is 12.8 Å². The number of thiazole rings is 1. The molecule has 2 atom stereocenters. The smallest absolute Gasteiger partial charge is 0.347 e. The number of likely N-dealkylation sites (tertiary alicyclic amines) is 1. The topological polar surface area (TPSA) is 73.7 Å². The molecule has 2 aromatic rings. The minimum absolute atomic E-state index is 0.350. The van der Waals surface area contributed by atoms with Gasteiger partial charge in [-0.1, -0.05) is 30.3 Å². The second-order valence-electron chi connectivity index (χ2n) is 6.79. The van der Waals surface area contributed by atoms with Crippen molar-refractivity contribution in [1.82, 2.24) is 9.88 Å². The summed E-state index contributed by atoms with van der Waals surface area (Å²) in [4.78, 5) is 18.2. The highest BCUT2D eigenvalue weighted by Crippen LogP contribution is 2.25. The maximum atomic E-state index is 11.1. The summed E-state index contributed by atoms with van der Waals surface area (Å²) in [6, 6.07) is 10.1. The number of carbonyl (C=O) groups is 1. The van der Waals surface area contributed by atoms with Crippen molar-refractivity contribution in [3.8, 4) is 0 Å². The average molecular weight is 360 g/mol. The van der Waals surface area contributed by atoms with E-state index in [9.17, 15) is 9.90 Å². The Labute approximate surface area is 152 Å². The van der Waals surface area contributed by atoms with Crippen LogP contribution in [0.1, 0.15) is 32.4 Å². The molecule has 2 heterocycles. The molecule has 6 heteroatoms. The predicted octanol–water partition coefficient (Wildman–Crippen LogP) is 2.62. The Morgan fingerprint density at radius 1 is 1.40 bits per heavy atom. The van der Waals surface area contributed by atoms with Crippen LogP contribution in [0.3, 0.4) is 0 Å². The van der Waals surface area contributed by atoms with E-state index >= 15 is 0 Å². The highest BCUT2D eigenvalue weighted by Gasteiger charge is 2.26. The third-order valence-electron chi connectivity index (χ3n) is 4.65. The first-order chi connectivity index (χ1) is 12.0. The van der Waals surface area contributed by atoms with Crippen molar-refractivity contribution >= 4 is 17.3 Å². The van der Waals surface area contributed by atoms with Crippen molar-refractivity contribution in [3.05, 3.63) is 51.5 Å². The number of β-amino-alcohol motifs (C(OH)–C–C–N with tert-alkyl or cyclic N) is 1. The Kier molecular flexibility index (Phi) is 5.83. The highest BCUT2D eigenvalue weighted by atomic mass is 32.1. The average Bonchev–Trinajstić information content (AvgIpc) is 3.15. The quantitative estimate of drug-likeness (QED) is 0.794. The summed E-state index contributed by atoms with van der Waals surface area (Å²) in [5, 5.41) is 20.4. The van der Waals surface area contributed by atoms with Gasteiger partial charge in [-0.3, -0.25) is 0 Å². The van der Waals surface area contributed by atoms with Crippen LogP contribution < -0.4 is 0 Å². The number of aryl methyl sites for hydroxylation is 1. The number of benzene rings is 1. The number of carboxylic acids is 1. The van der Waals surface area contributed by atoms with Gasteiger partial charge in [-0.15, -0.1) is 11.3 Å². The SMILES string of the molecule is Cc1nc(CC2CCN(C[C@@H](O)Cc3ccccc3)C2)sc1C(=O)O. The zero-order chi connectivity index (χ0) is 17.8.